The van der Waals surface area contributed by atoms with Crippen LogP contribution < -0.4 is 16.0 Å². The molecule has 0 aliphatic carbocycles. The number of hydrogen-bond acceptors (Lipinski definition) is 7. The van der Waals surface area contributed by atoms with Crippen molar-refractivity contribution < 1.29 is 9.32 Å². The zero-order chi connectivity index (χ0) is 21.8. The molecule has 4 rings (SSSR count). The number of nitrogens with one attached hydrogen (secondary N) is 3. The van der Waals surface area contributed by atoms with Crippen molar-refractivity contribution in [1.29, 1.82) is 0 Å². The first-order valence-corrected chi connectivity index (χ1v) is 9.76. The highest BCUT2D eigenvalue weighted by molar-refractivity contribution is 6.02. The molecule has 156 valence electrons. The predicted octanol–water partition coefficient (Wildman–Crippen LogP) is 5.13. The highest BCUT2D eigenvalue weighted by Gasteiger charge is 2.11. The number of aryl methyl sites for hydroxylation is 3. The Bertz CT molecular complexity index is 1200. The van der Waals surface area contributed by atoms with E-state index in [-0.39, 0.29) is 11.6 Å². The van der Waals surface area contributed by atoms with Crippen LogP contribution in [0, 0.1) is 20.8 Å². The van der Waals surface area contributed by atoms with Crippen LogP contribution in [0.25, 0.3) is 0 Å². The van der Waals surface area contributed by atoms with Crippen LogP contribution in [-0.4, -0.2) is 21.0 Å². The van der Waals surface area contributed by atoms with E-state index >= 15 is 0 Å². The molecule has 0 unspecified atom stereocenters. The number of nitrogens with zero attached hydrogens (tertiary/aromatic N) is 3. The first kappa shape index (κ1) is 20.1. The molecule has 0 bridgehead atoms. The number of benzene rings is 2. The van der Waals surface area contributed by atoms with Gasteiger partial charge in [0, 0.05) is 34.9 Å². The zero-order valence-corrected chi connectivity index (χ0v) is 17.4. The average molecular weight is 414 g/mol. The van der Waals surface area contributed by atoms with Crippen LogP contribution >= 0.6 is 0 Å². The van der Waals surface area contributed by atoms with Gasteiger partial charge in [0.05, 0.1) is 0 Å². The van der Waals surface area contributed by atoms with Gasteiger partial charge in [0.15, 0.2) is 5.69 Å². The van der Waals surface area contributed by atoms with Crippen molar-refractivity contribution in [3.63, 3.8) is 0 Å². The van der Waals surface area contributed by atoms with E-state index in [0.29, 0.717) is 23.2 Å². The summed E-state index contributed by atoms with van der Waals surface area (Å²) in [4.78, 5) is 21.2. The van der Waals surface area contributed by atoms with Gasteiger partial charge in [0.1, 0.15) is 11.6 Å². The lowest BCUT2D eigenvalue weighted by atomic mass is 10.2. The van der Waals surface area contributed by atoms with Crippen molar-refractivity contribution in [2.75, 3.05) is 16.0 Å². The monoisotopic (exact) mass is 414 g/mol. The first-order chi connectivity index (χ1) is 14.9. The number of anilines is 5. The molecule has 1 amide bonds. The first-order valence-electron chi connectivity index (χ1n) is 9.76. The molecule has 4 aromatic rings. The Hall–Kier alpha value is -4.20. The highest BCUT2D eigenvalue weighted by Crippen LogP contribution is 2.21. The van der Waals surface area contributed by atoms with E-state index in [4.69, 9.17) is 4.52 Å². The van der Waals surface area contributed by atoms with Crippen LogP contribution in [0.5, 0.6) is 0 Å². The molecule has 0 radical (unpaired) electrons. The minimum atomic E-state index is -0.323. The lowest BCUT2D eigenvalue weighted by molar-refractivity contribution is 0.101. The fourth-order valence-electron chi connectivity index (χ4n) is 2.91. The zero-order valence-electron chi connectivity index (χ0n) is 17.4. The van der Waals surface area contributed by atoms with E-state index in [0.717, 1.165) is 17.1 Å². The summed E-state index contributed by atoms with van der Waals surface area (Å²) in [5, 5.41) is 13.0. The van der Waals surface area contributed by atoms with Crippen LogP contribution in [0.4, 0.5) is 28.8 Å². The highest BCUT2D eigenvalue weighted by atomic mass is 16.5. The van der Waals surface area contributed by atoms with E-state index < -0.39 is 0 Å². The third kappa shape index (κ3) is 5.24. The summed E-state index contributed by atoms with van der Waals surface area (Å²) < 4.78 is 4.93. The van der Waals surface area contributed by atoms with E-state index in [1.165, 1.54) is 5.56 Å². The molecule has 31 heavy (non-hydrogen) atoms. The molecule has 0 saturated carbocycles. The van der Waals surface area contributed by atoms with Crippen molar-refractivity contribution >= 4 is 34.7 Å². The smallest absolute Gasteiger partial charge is 0.277 e. The Morgan fingerprint density at radius 1 is 0.806 bits per heavy atom. The molecule has 0 saturated heterocycles. The molecule has 2 aromatic heterocycles. The van der Waals surface area contributed by atoms with Crippen LogP contribution in [0.15, 0.2) is 65.2 Å². The van der Waals surface area contributed by atoms with Gasteiger partial charge in [-0.05, 0) is 57.2 Å². The lowest BCUT2D eigenvalue weighted by Gasteiger charge is -2.11. The number of hydrogen-bond donors (Lipinski definition) is 3. The van der Waals surface area contributed by atoms with Crippen LogP contribution in [0.3, 0.4) is 0 Å². The van der Waals surface area contributed by atoms with Crippen LogP contribution in [-0.2, 0) is 0 Å². The maximum Gasteiger partial charge on any atom is 0.277 e. The predicted molar refractivity (Wildman–Crippen MR) is 120 cm³/mol. The summed E-state index contributed by atoms with van der Waals surface area (Å²) in [6, 6.07) is 18.8. The summed E-state index contributed by atoms with van der Waals surface area (Å²) in [6.45, 7) is 5.69. The normalized spacial score (nSPS) is 10.5. The van der Waals surface area contributed by atoms with Gasteiger partial charge in [-0.25, -0.2) is 4.98 Å². The minimum absolute atomic E-state index is 0.241. The number of rotatable bonds is 6. The summed E-state index contributed by atoms with van der Waals surface area (Å²) in [6.07, 6.45) is 0. The number of aromatic nitrogens is 3. The Labute approximate surface area is 179 Å². The van der Waals surface area contributed by atoms with E-state index in [1.54, 1.807) is 25.1 Å². The molecule has 8 nitrogen and oxygen atoms in total. The summed E-state index contributed by atoms with van der Waals surface area (Å²) >= 11 is 0. The molecule has 0 fully saturated rings. The second kappa shape index (κ2) is 8.66. The van der Waals surface area contributed by atoms with Crippen molar-refractivity contribution in [1.82, 2.24) is 15.1 Å². The van der Waals surface area contributed by atoms with E-state index in [2.05, 4.69) is 31.1 Å². The molecule has 0 aliphatic heterocycles. The standard InChI is InChI=1S/C23H22N6O2/c1-14-4-6-19(7-5-14)27-23-24-15(2)12-21(28-23)25-17-8-10-18(11-9-17)26-22(30)20-13-16(3)31-29-20/h4-13H,1-3H3,(H,26,30)(H2,24,25,27,28). The summed E-state index contributed by atoms with van der Waals surface area (Å²) in [5.74, 6) is 1.44. The van der Waals surface area contributed by atoms with Crippen molar-refractivity contribution in [2.45, 2.75) is 20.8 Å². The fraction of sp³-hybridized carbons (Fsp3) is 0.130. The molecular formula is C23H22N6O2. The van der Waals surface area contributed by atoms with Crippen molar-refractivity contribution in [2.24, 2.45) is 0 Å². The van der Waals surface area contributed by atoms with Gasteiger partial charge in [0.25, 0.3) is 5.91 Å². The van der Waals surface area contributed by atoms with Gasteiger partial charge >= 0.3 is 0 Å². The fourth-order valence-corrected chi connectivity index (χ4v) is 2.91. The SMILES string of the molecule is Cc1ccc(Nc2nc(C)cc(Nc3ccc(NC(=O)c4cc(C)on4)cc3)n2)cc1. The number of amides is 1. The van der Waals surface area contributed by atoms with Gasteiger partial charge in [-0.1, -0.05) is 22.9 Å². The molecule has 0 aliphatic rings. The molecule has 0 spiro atoms. The summed E-state index contributed by atoms with van der Waals surface area (Å²) in [5.41, 5.74) is 4.66. The number of carbonyl (C=O) groups excluding carboxylic acids is 1. The van der Waals surface area contributed by atoms with Gasteiger partial charge in [-0.2, -0.15) is 4.98 Å². The third-order valence-corrected chi connectivity index (χ3v) is 4.44. The van der Waals surface area contributed by atoms with Crippen LogP contribution in [0.1, 0.15) is 27.5 Å². The van der Waals surface area contributed by atoms with E-state index in [9.17, 15) is 4.79 Å². The molecule has 3 N–H and O–H groups in total. The van der Waals surface area contributed by atoms with Gasteiger partial charge in [0.2, 0.25) is 5.95 Å². The average Bonchev–Trinajstić information content (AvgIpc) is 3.17. The molecule has 2 heterocycles. The largest absolute Gasteiger partial charge is 0.361 e. The second-order valence-corrected chi connectivity index (χ2v) is 7.19. The number of carbonyl (C=O) groups is 1. The van der Waals surface area contributed by atoms with Crippen LogP contribution in [0.2, 0.25) is 0 Å². The summed E-state index contributed by atoms with van der Waals surface area (Å²) in [7, 11) is 0. The maximum atomic E-state index is 12.2. The quantitative estimate of drug-likeness (QED) is 0.402. The van der Waals surface area contributed by atoms with Crippen molar-refractivity contribution in [3.05, 3.63) is 83.4 Å². The van der Waals surface area contributed by atoms with Gasteiger partial charge in [-0.3, -0.25) is 4.79 Å². The van der Waals surface area contributed by atoms with Gasteiger partial charge < -0.3 is 20.5 Å². The third-order valence-electron chi connectivity index (χ3n) is 4.44. The Kier molecular flexibility index (Phi) is 5.61. The molecular weight excluding hydrogens is 392 g/mol. The van der Waals surface area contributed by atoms with E-state index in [1.807, 2.05) is 56.3 Å². The maximum absolute atomic E-state index is 12.2. The Morgan fingerprint density at radius 2 is 1.45 bits per heavy atom. The second-order valence-electron chi connectivity index (χ2n) is 7.19. The van der Waals surface area contributed by atoms with Gasteiger partial charge in [-0.15, -0.1) is 0 Å². The Morgan fingerprint density at radius 3 is 2.13 bits per heavy atom. The minimum Gasteiger partial charge on any atom is -0.361 e. The molecule has 0 atom stereocenters. The molecule has 8 heteroatoms. The topological polar surface area (TPSA) is 105 Å². The van der Waals surface area contributed by atoms with Crippen molar-refractivity contribution in [3.8, 4) is 0 Å². The molecule has 2 aromatic carbocycles. The lowest BCUT2D eigenvalue weighted by Crippen LogP contribution is -2.12. The Balaban J connectivity index is 1.43.